The van der Waals surface area contributed by atoms with Gasteiger partial charge in [0.15, 0.2) is 5.96 Å². The largest absolute Gasteiger partial charge is 0.507 e. The van der Waals surface area contributed by atoms with E-state index in [1.54, 1.807) is 12.1 Å². The fourth-order valence-electron chi connectivity index (χ4n) is 1.03. The van der Waals surface area contributed by atoms with Crippen LogP contribution in [0.25, 0.3) is 0 Å². The maximum Gasteiger partial charge on any atom is 0.186 e. The highest BCUT2D eigenvalue weighted by Crippen LogP contribution is 2.23. The lowest BCUT2D eigenvalue weighted by Crippen LogP contribution is -2.23. The summed E-state index contributed by atoms with van der Waals surface area (Å²) in [6.07, 6.45) is -0.763. The van der Waals surface area contributed by atoms with Crippen molar-refractivity contribution in [3.63, 3.8) is 0 Å². The standard InChI is InChI=1S/C9H12IN3O2/c10-6-3-5(1-2-7(6)14)8(15)4-13-9(11)12/h1-3,8,14-15H,4H2,(H4,11,12,13)/i4-1,8-1. The van der Waals surface area contributed by atoms with Crippen molar-refractivity contribution in [2.45, 2.75) is 6.10 Å². The average molecular weight is 319 g/mol. The molecule has 1 unspecified atom stereocenters. The van der Waals surface area contributed by atoms with E-state index in [9.17, 15) is 10.2 Å². The van der Waals surface area contributed by atoms with Gasteiger partial charge in [-0.1, -0.05) is 6.07 Å². The third kappa shape index (κ3) is 3.56. The first kappa shape index (κ1) is 12.1. The summed E-state index contributed by atoms with van der Waals surface area (Å²) in [4.78, 5) is 3.71. The normalized spacial score (nSPS) is 12.1. The molecule has 0 fully saturated rings. The second-order valence-corrected chi connectivity index (χ2v) is 4.15. The van der Waals surface area contributed by atoms with Crippen molar-refractivity contribution >= 4 is 28.6 Å². The Balaban J connectivity index is 2.78. The number of phenolic OH excluding ortho intramolecular Hbond substituents is 1. The maximum atomic E-state index is 9.68. The molecule has 0 saturated carbocycles. The summed E-state index contributed by atoms with van der Waals surface area (Å²) in [5.41, 5.74) is 11.0. The highest BCUT2D eigenvalue weighted by Gasteiger charge is 2.08. The summed E-state index contributed by atoms with van der Waals surface area (Å²) in [5, 5.41) is 19.0. The Hall–Kier alpha value is -1.02. The Morgan fingerprint density at radius 3 is 2.67 bits per heavy atom. The second-order valence-electron chi connectivity index (χ2n) is 2.99. The van der Waals surface area contributed by atoms with E-state index in [2.05, 4.69) is 4.99 Å². The van der Waals surface area contributed by atoms with E-state index in [1.165, 1.54) is 6.07 Å². The Kier molecular flexibility index (Phi) is 4.15. The Bertz CT molecular complexity index is 378. The Morgan fingerprint density at radius 1 is 1.47 bits per heavy atom. The van der Waals surface area contributed by atoms with Crippen LogP contribution in [0.3, 0.4) is 0 Å². The zero-order chi connectivity index (χ0) is 11.4. The third-order valence-corrected chi connectivity index (χ3v) is 2.67. The number of phenols is 1. The van der Waals surface area contributed by atoms with Crippen molar-refractivity contribution in [1.82, 2.24) is 0 Å². The molecule has 1 atom stereocenters. The number of rotatable bonds is 3. The first-order chi connectivity index (χ1) is 7.00. The van der Waals surface area contributed by atoms with E-state index < -0.39 is 6.10 Å². The molecule has 0 saturated heterocycles. The molecule has 0 aromatic heterocycles. The molecule has 0 spiro atoms. The first-order valence-electron chi connectivity index (χ1n) is 4.22. The predicted octanol–water partition coefficient (Wildman–Crippen LogP) is 0.304. The van der Waals surface area contributed by atoms with Crippen molar-refractivity contribution in [3.8, 4) is 5.75 Å². The van der Waals surface area contributed by atoms with Crippen LogP contribution < -0.4 is 11.5 Å². The lowest BCUT2D eigenvalue weighted by molar-refractivity contribution is 0.187. The fourth-order valence-corrected chi connectivity index (χ4v) is 1.57. The maximum absolute atomic E-state index is 9.68. The Labute approximate surface area is 101 Å². The van der Waals surface area contributed by atoms with Crippen LogP contribution in [0.1, 0.15) is 11.7 Å². The highest BCUT2D eigenvalue weighted by atomic mass is 127. The van der Waals surface area contributed by atoms with Gasteiger partial charge in [0, 0.05) is 0 Å². The number of nitrogens with zero attached hydrogens (tertiary/aromatic N) is 1. The monoisotopic (exact) mass is 319 g/mol. The summed E-state index contributed by atoms with van der Waals surface area (Å²) in [5.74, 6) is 0.135. The van der Waals surface area contributed by atoms with Gasteiger partial charge in [0.2, 0.25) is 0 Å². The van der Waals surface area contributed by atoms with Crippen molar-refractivity contribution in [2.24, 2.45) is 16.5 Å². The van der Waals surface area contributed by atoms with Crippen LogP contribution in [0.2, 0.25) is 0 Å². The molecule has 0 aliphatic heterocycles. The third-order valence-electron chi connectivity index (χ3n) is 1.80. The lowest BCUT2D eigenvalue weighted by Gasteiger charge is -2.09. The number of hydrogen-bond acceptors (Lipinski definition) is 3. The molecule has 6 N–H and O–H groups in total. The molecule has 0 bridgehead atoms. The van der Waals surface area contributed by atoms with Gasteiger partial charge in [-0.3, -0.25) is 4.99 Å². The number of halogens is 1. The molecule has 0 radical (unpaired) electrons. The minimum absolute atomic E-state index is 0.0532. The molecule has 15 heavy (non-hydrogen) atoms. The molecule has 6 heteroatoms. The molecule has 5 nitrogen and oxygen atoms in total. The molecule has 1 aromatic rings. The van der Waals surface area contributed by atoms with E-state index in [-0.39, 0.29) is 18.3 Å². The number of guanidine groups is 1. The summed E-state index contributed by atoms with van der Waals surface area (Å²) in [6, 6.07) is 4.84. The summed E-state index contributed by atoms with van der Waals surface area (Å²) in [6.45, 7) is 0.114. The molecule has 82 valence electrons. The topological polar surface area (TPSA) is 105 Å². The molecular formula is C9H12IN3O2. The summed E-state index contributed by atoms with van der Waals surface area (Å²) < 4.78 is 0.675. The van der Waals surface area contributed by atoms with Crippen LogP contribution in [0.15, 0.2) is 23.2 Å². The summed E-state index contributed by atoms with van der Waals surface area (Å²) >= 11 is 1.98. The van der Waals surface area contributed by atoms with Crippen LogP contribution in [-0.2, 0) is 0 Å². The predicted molar refractivity (Wildman–Crippen MR) is 66.5 cm³/mol. The average Bonchev–Trinajstić information content (AvgIpc) is 2.18. The van der Waals surface area contributed by atoms with Crippen molar-refractivity contribution in [3.05, 3.63) is 27.3 Å². The smallest absolute Gasteiger partial charge is 0.186 e. The van der Waals surface area contributed by atoms with Gasteiger partial charge in [0.25, 0.3) is 0 Å². The number of aromatic hydroxyl groups is 1. The SMILES string of the molecule is NC(N)=N[11CH2][11CH](O)c1ccc(O)c(I)c1. The minimum Gasteiger partial charge on any atom is -0.507 e. The van der Waals surface area contributed by atoms with E-state index in [0.29, 0.717) is 9.13 Å². The van der Waals surface area contributed by atoms with E-state index >= 15 is 0 Å². The number of aliphatic hydroxyl groups excluding tert-OH is 1. The van der Waals surface area contributed by atoms with Crippen LogP contribution >= 0.6 is 22.6 Å². The zero-order valence-corrected chi connectivity index (χ0v) is 10.0. The first-order valence-corrected chi connectivity index (χ1v) is 5.30. The van der Waals surface area contributed by atoms with E-state index in [1.807, 2.05) is 22.6 Å². The quantitative estimate of drug-likeness (QED) is 0.365. The van der Waals surface area contributed by atoms with Crippen LogP contribution in [0.5, 0.6) is 5.75 Å². The molecule has 0 aliphatic rings. The van der Waals surface area contributed by atoms with Gasteiger partial charge in [-0.15, -0.1) is 0 Å². The molecule has 0 amide bonds. The zero-order valence-electron chi connectivity index (χ0n) is 7.89. The summed E-state index contributed by atoms with van der Waals surface area (Å²) in [7, 11) is 0. The van der Waals surface area contributed by atoms with Crippen LogP contribution in [0, 0.1) is 3.57 Å². The van der Waals surface area contributed by atoms with Crippen LogP contribution in [0.4, 0.5) is 0 Å². The van der Waals surface area contributed by atoms with Gasteiger partial charge >= 0.3 is 0 Å². The number of aliphatic imine (C=N–C) groups is 1. The van der Waals surface area contributed by atoms with Gasteiger partial charge in [-0.2, -0.15) is 0 Å². The molecular weight excluding hydrogens is 307 g/mol. The molecule has 1 rings (SSSR count). The van der Waals surface area contributed by atoms with Gasteiger partial charge in [-0.05, 0) is 40.3 Å². The van der Waals surface area contributed by atoms with Crippen molar-refractivity contribution < 1.29 is 10.2 Å². The van der Waals surface area contributed by atoms with E-state index in [0.717, 1.165) is 0 Å². The van der Waals surface area contributed by atoms with Crippen molar-refractivity contribution in [2.75, 3.05) is 6.54 Å². The molecule has 0 heterocycles. The molecule has 1 aromatic carbocycles. The molecule has 0 aliphatic carbocycles. The second kappa shape index (κ2) is 5.17. The van der Waals surface area contributed by atoms with Crippen LogP contribution in [-0.4, -0.2) is 22.7 Å². The van der Waals surface area contributed by atoms with Gasteiger partial charge < -0.3 is 21.7 Å². The highest BCUT2D eigenvalue weighted by molar-refractivity contribution is 14.1. The number of benzene rings is 1. The van der Waals surface area contributed by atoms with E-state index in [4.69, 9.17) is 11.5 Å². The van der Waals surface area contributed by atoms with Gasteiger partial charge in [-0.25, -0.2) is 0 Å². The van der Waals surface area contributed by atoms with Gasteiger partial charge in [0.05, 0.1) is 16.2 Å². The number of aliphatic hydroxyl groups is 1. The van der Waals surface area contributed by atoms with Gasteiger partial charge in [0.1, 0.15) is 5.75 Å². The lowest BCUT2D eigenvalue weighted by atomic mass is 9.52. The minimum atomic E-state index is -0.763. The fraction of sp³-hybridized carbons (Fsp3) is 0.222. The Morgan fingerprint density at radius 2 is 2.13 bits per heavy atom. The van der Waals surface area contributed by atoms with Crippen molar-refractivity contribution in [1.29, 1.82) is 0 Å². The number of hydrogen-bond donors (Lipinski definition) is 4. The number of nitrogens with two attached hydrogens (primary N) is 2.